The number of hydrogen-bond donors (Lipinski definition) is 2. The molecule has 0 aromatic heterocycles. The van der Waals surface area contributed by atoms with Crippen LogP contribution in [0.5, 0.6) is 0 Å². The van der Waals surface area contributed by atoms with E-state index in [1.54, 1.807) is 7.11 Å². The number of ether oxygens (including phenoxy) is 4. The lowest BCUT2D eigenvalue weighted by Crippen LogP contribution is -2.37. The van der Waals surface area contributed by atoms with Crippen LogP contribution in [0.2, 0.25) is 0 Å². The fourth-order valence-corrected chi connectivity index (χ4v) is 1.61. The van der Waals surface area contributed by atoms with Gasteiger partial charge in [-0.25, -0.2) is 0 Å². The van der Waals surface area contributed by atoms with Gasteiger partial charge >= 0.3 is 0 Å². The van der Waals surface area contributed by atoms with Crippen LogP contribution >= 0.6 is 0 Å². The molecular formula is C14H31NO5. The van der Waals surface area contributed by atoms with Gasteiger partial charge in [-0.05, 0) is 19.3 Å². The Morgan fingerprint density at radius 2 is 1.40 bits per heavy atom. The van der Waals surface area contributed by atoms with Crippen molar-refractivity contribution < 1.29 is 24.1 Å². The third-order valence-electron chi connectivity index (χ3n) is 3.14. The fourth-order valence-electron chi connectivity index (χ4n) is 1.61. The van der Waals surface area contributed by atoms with Gasteiger partial charge in [0.05, 0.1) is 45.2 Å². The lowest BCUT2D eigenvalue weighted by Gasteiger charge is -2.24. The van der Waals surface area contributed by atoms with Crippen LogP contribution < -0.4 is 5.73 Å². The van der Waals surface area contributed by atoms with Gasteiger partial charge in [0.15, 0.2) is 0 Å². The smallest absolute Gasteiger partial charge is 0.0767 e. The van der Waals surface area contributed by atoms with E-state index in [-0.39, 0.29) is 0 Å². The van der Waals surface area contributed by atoms with Gasteiger partial charge in [-0.2, -0.15) is 0 Å². The molecule has 6 heteroatoms. The summed E-state index contributed by atoms with van der Waals surface area (Å²) in [4.78, 5) is 0. The Morgan fingerprint density at radius 3 is 1.85 bits per heavy atom. The second kappa shape index (κ2) is 13.7. The first-order chi connectivity index (χ1) is 9.68. The van der Waals surface area contributed by atoms with E-state index in [1.165, 1.54) is 0 Å². The van der Waals surface area contributed by atoms with E-state index >= 15 is 0 Å². The summed E-state index contributed by atoms with van der Waals surface area (Å²) in [6.07, 6.45) is 2.16. The molecule has 0 fully saturated rings. The molecule has 1 atom stereocenters. The van der Waals surface area contributed by atoms with Gasteiger partial charge in [0.25, 0.3) is 0 Å². The van der Waals surface area contributed by atoms with Crippen LogP contribution in [0.25, 0.3) is 0 Å². The molecule has 0 aliphatic rings. The number of aliphatic hydroxyl groups is 1. The highest BCUT2D eigenvalue weighted by Crippen LogP contribution is 2.15. The summed E-state index contributed by atoms with van der Waals surface area (Å²) in [5.74, 6) is 0. The molecule has 1 unspecified atom stereocenters. The summed E-state index contributed by atoms with van der Waals surface area (Å²) in [5.41, 5.74) is 4.79. The van der Waals surface area contributed by atoms with Gasteiger partial charge in [0.2, 0.25) is 0 Å². The zero-order chi connectivity index (χ0) is 15.1. The molecule has 0 aromatic rings. The molecule has 3 N–H and O–H groups in total. The Morgan fingerprint density at radius 1 is 0.900 bits per heavy atom. The number of hydrogen-bond acceptors (Lipinski definition) is 6. The molecule has 0 bridgehead atoms. The lowest BCUT2D eigenvalue weighted by atomic mass is 9.95. The van der Waals surface area contributed by atoms with Gasteiger partial charge < -0.3 is 29.8 Å². The van der Waals surface area contributed by atoms with Crippen LogP contribution in [-0.4, -0.2) is 70.6 Å². The molecule has 0 aliphatic carbocycles. The molecule has 0 rings (SSSR count). The van der Waals surface area contributed by atoms with E-state index in [2.05, 4.69) is 0 Å². The van der Waals surface area contributed by atoms with E-state index in [0.717, 1.165) is 6.42 Å². The second-order valence-corrected chi connectivity index (χ2v) is 4.72. The Hall–Kier alpha value is -0.240. The highest BCUT2D eigenvalue weighted by Gasteiger charge is 2.21. The minimum atomic E-state index is -0.737. The zero-order valence-electron chi connectivity index (χ0n) is 12.9. The number of nitrogens with two attached hydrogens (primary N) is 1. The van der Waals surface area contributed by atoms with Gasteiger partial charge in [-0.3, -0.25) is 0 Å². The van der Waals surface area contributed by atoms with E-state index in [4.69, 9.17) is 24.7 Å². The molecule has 122 valence electrons. The minimum absolute atomic E-state index is 0.301. The molecule has 0 aliphatic heterocycles. The fraction of sp³-hybridized carbons (Fsp3) is 1.00. The molecule has 0 saturated carbocycles. The third kappa shape index (κ3) is 11.6. The van der Waals surface area contributed by atoms with Crippen molar-refractivity contribution in [3.63, 3.8) is 0 Å². The standard InChI is InChI=1S/C14H31NO5/c1-3-14(16,13-15)5-4-6-18-9-10-20-12-11-19-8-7-17-2/h16H,3-13,15H2,1-2H3. The van der Waals surface area contributed by atoms with Crippen molar-refractivity contribution in [2.75, 3.05) is 59.9 Å². The van der Waals surface area contributed by atoms with Crippen LogP contribution in [0.4, 0.5) is 0 Å². The van der Waals surface area contributed by atoms with Crippen molar-refractivity contribution in [2.24, 2.45) is 5.73 Å². The van der Waals surface area contributed by atoms with E-state index in [1.807, 2.05) is 6.92 Å². The number of rotatable bonds is 15. The molecule has 0 aromatic carbocycles. The van der Waals surface area contributed by atoms with E-state index in [9.17, 15) is 5.11 Å². The molecule has 0 saturated heterocycles. The molecule has 0 radical (unpaired) electrons. The summed E-state index contributed by atoms with van der Waals surface area (Å²) in [6, 6.07) is 0. The van der Waals surface area contributed by atoms with Crippen molar-refractivity contribution in [3.8, 4) is 0 Å². The number of methoxy groups -OCH3 is 1. The molecule has 6 nitrogen and oxygen atoms in total. The molecular weight excluding hydrogens is 262 g/mol. The van der Waals surface area contributed by atoms with Crippen LogP contribution in [0.15, 0.2) is 0 Å². The van der Waals surface area contributed by atoms with Crippen molar-refractivity contribution in [2.45, 2.75) is 31.8 Å². The monoisotopic (exact) mass is 293 g/mol. The SMILES string of the molecule is CCC(O)(CN)CCCOCCOCCOCCOC. The zero-order valence-corrected chi connectivity index (χ0v) is 12.9. The largest absolute Gasteiger partial charge is 0.389 e. The highest BCUT2D eigenvalue weighted by atomic mass is 16.6. The maximum atomic E-state index is 9.96. The summed E-state index contributed by atoms with van der Waals surface area (Å²) in [5, 5.41) is 9.96. The van der Waals surface area contributed by atoms with Crippen molar-refractivity contribution in [3.05, 3.63) is 0 Å². The average Bonchev–Trinajstić information content (AvgIpc) is 2.48. The van der Waals surface area contributed by atoms with E-state index < -0.39 is 5.60 Å². The second-order valence-electron chi connectivity index (χ2n) is 4.72. The van der Waals surface area contributed by atoms with Crippen LogP contribution in [0.1, 0.15) is 26.2 Å². The highest BCUT2D eigenvalue weighted by molar-refractivity contribution is 4.77. The van der Waals surface area contributed by atoms with Crippen LogP contribution in [0, 0.1) is 0 Å². The first-order valence-electron chi connectivity index (χ1n) is 7.33. The average molecular weight is 293 g/mol. The maximum Gasteiger partial charge on any atom is 0.0767 e. The normalized spacial score (nSPS) is 14.4. The van der Waals surface area contributed by atoms with Crippen molar-refractivity contribution >= 4 is 0 Å². The summed E-state index contributed by atoms with van der Waals surface area (Å²) < 4.78 is 20.9. The van der Waals surface area contributed by atoms with Crippen molar-refractivity contribution in [1.82, 2.24) is 0 Å². The quantitative estimate of drug-likeness (QED) is 0.429. The molecule has 0 amide bonds. The van der Waals surface area contributed by atoms with Crippen LogP contribution in [-0.2, 0) is 18.9 Å². The van der Waals surface area contributed by atoms with Gasteiger partial charge in [0, 0.05) is 20.3 Å². The Kier molecular flexibility index (Phi) is 13.6. The summed E-state index contributed by atoms with van der Waals surface area (Å²) in [6.45, 7) is 6.32. The Bertz CT molecular complexity index is 200. The summed E-state index contributed by atoms with van der Waals surface area (Å²) in [7, 11) is 1.64. The molecule has 0 heterocycles. The predicted molar refractivity (Wildman–Crippen MR) is 77.9 cm³/mol. The topological polar surface area (TPSA) is 83.2 Å². The van der Waals surface area contributed by atoms with Gasteiger partial charge in [-0.1, -0.05) is 6.92 Å². The molecule has 20 heavy (non-hydrogen) atoms. The van der Waals surface area contributed by atoms with Crippen molar-refractivity contribution in [1.29, 1.82) is 0 Å². The van der Waals surface area contributed by atoms with Gasteiger partial charge in [-0.15, -0.1) is 0 Å². The predicted octanol–water partition coefficient (Wildman–Crippen LogP) is 0.563. The molecule has 0 spiro atoms. The Balaban J connectivity index is 3.17. The first kappa shape index (κ1) is 19.8. The van der Waals surface area contributed by atoms with Gasteiger partial charge in [0.1, 0.15) is 0 Å². The minimum Gasteiger partial charge on any atom is -0.389 e. The summed E-state index contributed by atoms with van der Waals surface area (Å²) >= 11 is 0. The Labute approximate surface area is 122 Å². The maximum absolute atomic E-state index is 9.96. The lowest BCUT2D eigenvalue weighted by molar-refractivity contribution is -0.00346. The van der Waals surface area contributed by atoms with E-state index in [0.29, 0.717) is 65.6 Å². The van der Waals surface area contributed by atoms with Crippen LogP contribution in [0.3, 0.4) is 0 Å². The third-order valence-corrected chi connectivity index (χ3v) is 3.14. The first-order valence-corrected chi connectivity index (χ1v) is 7.33.